The van der Waals surface area contributed by atoms with Gasteiger partial charge in [0.1, 0.15) is 0 Å². The number of alkyl halides is 3. The molecule has 0 spiro atoms. The molecule has 0 aliphatic heterocycles. The zero-order chi connectivity index (χ0) is 23.1. The quantitative estimate of drug-likeness (QED) is 0.350. The minimum Gasteiger partial charge on any atom is -0.493 e. The summed E-state index contributed by atoms with van der Waals surface area (Å²) in [5.74, 6) is 1.43. The van der Waals surface area contributed by atoms with Crippen molar-refractivity contribution in [3.8, 4) is 11.5 Å². The highest BCUT2D eigenvalue weighted by Crippen LogP contribution is 2.31. The number of hydrogen-bond donors (Lipinski definition) is 3. The molecule has 0 saturated carbocycles. The number of anilines is 4. The van der Waals surface area contributed by atoms with E-state index in [0.29, 0.717) is 11.5 Å². The molecule has 0 saturated heterocycles. The van der Waals surface area contributed by atoms with Crippen LogP contribution >= 0.6 is 0 Å². The van der Waals surface area contributed by atoms with E-state index in [1.165, 1.54) is 32.6 Å². The van der Waals surface area contributed by atoms with Crippen LogP contribution < -0.4 is 25.5 Å². The maximum Gasteiger partial charge on any atom is 0.416 e. The zero-order valence-corrected chi connectivity index (χ0v) is 17.4. The van der Waals surface area contributed by atoms with E-state index in [0.717, 1.165) is 17.7 Å². The predicted molar refractivity (Wildman–Crippen MR) is 115 cm³/mol. The number of benzene rings is 2. The van der Waals surface area contributed by atoms with Crippen LogP contribution in [0.2, 0.25) is 0 Å². The Labute approximate surface area is 181 Å². The Morgan fingerprint density at radius 3 is 2.31 bits per heavy atom. The lowest BCUT2D eigenvalue weighted by Gasteiger charge is -2.11. The molecule has 168 valence electrons. The van der Waals surface area contributed by atoms with Crippen molar-refractivity contribution in [1.29, 1.82) is 0 Å². The van der Waals surface area contributed by atoms with Gasteiger partial charge in [-0.15, -0.1) is 0 Å². The molecule has 1 aromatic heterocycles. The summed E-state index contributed by atoms with van der Waals surface area (Å²) in [6, 6.07) is 9.95. The molecule has 0 amide bonds. The summed E-state index contributed by atoms with van der Waals surface area (Å²) in [4.78, 5) is 12.4. The van der Waals surface area contributed by atoms with E-state index in [1.807, 2.05) is 0 Å². The van der Waals surface area contributed by atoms with E-state index in [-0.39, 0.29) is 23.5 Å². The first-order chi connectivity index (χ1) is 15.3. The fourth-order valence-electron chi connectivity index (χ4n) is 2.59. The maximum atomic E-state index is 12.9. The number of nitrogens with zero attached hydrogens (tertiary/aromatic N) is 4. The summed E-state index contributed by atoms with van der Waals surface area (Å²) >= 11 is 0. The number of hydrazone groups is 1. The Hall–Kier alpha value is -4.09. The number of aromatic nitrogens is 3. The molecular weight excluding hydrogens is 427 g/mol. The summed E-state index contributed by atoms with van der Waals surface area (Å²) in [5, 5.41) is 9.59. The minimum absolute atomic E-state index is 0.0347. The smallest absolute Gasteiger partial charge is 0.416 e. The Morgan fingerprint density at radius 1 is 0.906 bits per heavy atom. The lowest BCUT2D eigenvalue weighted by molar-refractivity contribution is -0.137. The Kier molecular flexibility index (Phi) is 6.93. The third-order valence-corrected chi connectivity index (χ3v) is 4.09. The molecule has 2 aromatic carbocycles. The first-order valence-corrected chi connectivity index (χ1v) is 9.21. The molecule has 0 atom stereocenters. The molecule has 3 aromatic rings. The van der Waals surface area contributed by atoms with Crippen LogP contribution in [0.3, 0.4) is 0 Å². The first kappa shape index (κ1) is 22.6. The largest absolute Gasteiger partial charge is 0.493 e. The maximum absolute atomic E-state index is 12.9. The monoisotopic (exact) mass is 447 g/mol. The van der Waals surface area contributed by atoms with Gasteiger partial charge >= 0.3 is 6.18 Å². The number of nitrogens with one attached hydrogen (secondary N) is 3. The molecule has 1 heterocycles. The van der Waals surface area contributed by atoms with Crippen molar-refractivity contribution in [3.63, 3.8) is 0 Å². The van der Waals surface area contributed by atoms with Crippen LogP contribution in [0, 0.1) is 0 Å². The van der Waals surface area contributed by atoms with Crippen molar-refractivity contribution in [3.05, 3.63) is 53.6 Å². The highest BCUT2D eigenvalue weighted by molar-refractivity contribution is 5.81. The Morgan fingerprint density at radius 2 is 1.62 bits per heavy atom. The van der Waals surface area contributed by atoms with Crippen LogP contribution in [0.1, 0.15) is 11.1 Å². The third kappa shape index (κ3) is 5.74. The molecule has 9 nitrogen and oxygen atoms in total. The first-order valence-electron chi connectivity index (χ1n) is 9.21. The average Bonchev–Trinajstić information content (AvgIpc) is 2.78. The Bertz CT molecular complexity index is 1110. The molecule has 0 radical (unpaired) electrons. The van der Waals surface area contributed by atoms with Gasteiger partial charge in [-0.05, 0) is 42.0 Å². The van der Waals surface area contributed by atoms with Crippen LogP contribution in [0.15, 0.2) is 47.6 Å². The normalized spacial score (nSPS) is 11.3. The van der Waals surface area contributed by atoms with Crippen molar-refractivity contribution in [2.75, 3.05) is 37.3 Å². The van der Waals surface area contributed by atoms with Gasteiger partial charge in [0.05, 0.1) is 26.0 Å². The Balaban J connectivity index is 1.77. The number of methoxy groups -OCH3 is 2. The van der Waals surface area contributed by atoms with Gasteiger partial charge in [0, 0.05) is 12.7 Å². The highest BCUT2D eigenvalue weighted by Gasteiger charge is 2.30. The van der Waals surface area contributed by atoms with Gasteiger partial charge in [-0.2, -0.15) is 33.2 Å². The highest BCUT2D eigenvalue weighted by atomic mass is 19.4. The lowest BCUT2D eigenvalue weighted by Crippen LogP contribution is -2.08. The van der Waals surface area contributed by atoms with E-state index in [2.05, 4.69) is 36.1 Å². The second-order valence-corrected chi connectivity index (χ2v) is 6.24. The van der Waals surface area contributed by atoms with E-state index in [4.69, 9.17) is 9.47 Å². The van der Waals surface area contributed by atoms with Crippen molar-refractivity contribution >= 4 is 29.7 Å². The molecule has 12 heteroatoms. The number of halogens is 3. The van der Waals surface area contributed by atoms with Crippen LogP contribution in [-0.2, 0) is 6.18 Å². The number of ether oxygens (including phenoxy) is 2. The molecule has 3 N–H and O–H groups in total. The van der Waals surface area contributed by atoms with E-state index in [9.17, 15) is 13.2 Å². The fourth-order valence-corrected chi connectivity index (χ4v) is 2.59. The second-order valence-electron chi connectivity index (χ2n) is 6.24. The van der Waals surface area contributed by atoms with Crippen molar-refractivity contribution in [2.24, 2.45) is 5.10 Å². The zero-order valence-electron chi connectivity index (χ0n) is 17.4. The second kappa shape index (κ2) is 9.81. The molecule has 0 aliphatic rings. The van der Waals surface area contributed by atoms with Crippen molar-refractivity contribution < 1.29 is 22.6 Å². The van der Waals surface area contributed by atoms with Gasteiger partial charge in [0.15, 0.2) is 11.5 Å². The van der Waals surface area contributed by atoms with E-state index in [1.54, 1.807) is 25.2 Å². The van der Waals surface area contributed by atoms with Gasteiger partial charge in [-0.25, -0.2) is 5.43 Å². The van der Waals surface area contributed by atoms with Crippen LogP contribution in [0.5, 0.6) is 11.5 Å². The minimum atomic E-state index is -4.46. The summed E-state index contributed by atoms with van der Waals surface area (Å²) in [6.45, 7) is 0. The number of hydrogen-bond acceptors (Lipinski definition) is 9. The van der Waals surface area contributed by atoms with Gasteiger partial charge < -0.3 is 20.1 Å². The predicted octanol–water partition coefficient (Wildman–Crippen LogP) is 4.14. The van der Waals surface area contributed by atoms with Crippen molar-refractivity contribution in [2.45, 2.75) is 6.18 Å². The molecule has 3 rings (SSSR count). The van der Waals surface area contributed by atoms with Gasteiger partial charge in [0.2, 0.25) is 17.8 Å². The molecular formula is C20H20F3N7O2. The van der Waals surface area contributed by atoms with Gasteiger partial charge in [0.25, 0.3) is 0 Å². The summed E-state index contributed by atoms with van der Waals surface area (Å²) in [6.07, 6.45) is -2.94. The average molecular weight is 447 g/mol. The molecule has 32 heavy (non-hydrogen) atoms. The van der Waals surface area contributed by atoms with E-state index >= 15 is 0 Å². The summed E-state index contributed by atoms with van der Waals surface area (Å²) < 4.78 is 49.3. The van der Waals surface area contributed by atoms with Crippen LogP contribution in [0.25, 0.3) is 0 Å². The lowest BCUT2D eigenvalue weighted by atomic mass is 10.2. The van der Waals surface area contributed by atoms with Gasteiger partial charge in [-0.3, -0.25) is 0 Å². The van der Waals surface area contributed by atoms with Crippen LogP contribution in [0.4, 0.5) is 36.7 Å². The standard InChI is InChI=1S/C20H20F3N7O2/c1-24-17-27-18(26-14-6-4-5-13(10-14)20(21,22)23)29-19(28-17)30-25-11-12-7-8-15(31-2)16(9-12)32-3/h4-11H,1-3H3,(H3,24,26,27,28,29,30)/b25-11-. The van der Waals surface area contributed by atoms with Gasteiger partial charge in [-0.1, -0.05) is 6.07 Å². The summed E-state index contributed by atoms with van der Waals surface area (Å²) in [7, 11) is 4.67. The number of rotatable bonds is 8. The fraction of sp³-hybridized carbons (Fsp3) is 0.200. The van der Waals surface area contributed by atoms with E-state index < -0.39 is 11.7 Å². The summed E-state index contributed by atoms with van der Waals surface area (Å²) in [5.41, 5.74) is 2.78. The van der Waals surface area contributed by atoms with Crippen LogP contribution in [-0.4, -0.2) is 42.4 Å². The molecule has 0 fully saturated rings. The van der Waals surface area contributed by atoms with Crippen molar-refractivity contribution in [1.82, 2.24) is 15.0 Å². The topological polar surface area (TPSA) is 106 Å². The molecule has 0 aliphatic carbocycles. The third-order valence-electron chi connectivity index (χ3n) is 4.09. The molecule has 0 unspecified atom stereocenters. The molecule has 0 bridgehead atoms. The SMILES string of the molecule is CNc1nc(N/N=C\c2ccc(OC)c(OC)c2)nc(Nc2cccc(C(F)(F)F)c2)n1.